The molecule has 0 spiro atoms. The molecule has 2 rings (SSSR count). The summed E-state index contributed by atoms with van der Waals surface area (Å²) in [7, 11) is 0. The quantitative estimate of drug-likeness (QED) is 0.618. The van der Waals surface area contributed by atoms with E-state index in [0.29, 0.717) is 23.6 Å². The summed E-state index contributed by atoms with van der Waals surface area (Å²) in [6, 6.07) is 1.53. The minimum Gasteiger partial charge on any atom is -0.457 e. The van der Waals surface area contributed by atoms with Gasteiger partial charge in [-0.15, -0.1) is 0 Å². The Morgan fingerprint density at radius 1 is 1.26 bits per heavy atom. The van der Waals surface area contributed by atoms with Crippen molar-refractivity contribution in [2.45, 2.75) is 39.5 Å². The number of carbonyl (C=O) groups excluding carboxylic acids is 3. The Labute approximate surface area is 136 Å². The van der Waals surface area contributed by atoms with Gasteiger partial charge in [0, 0.05) is 31.3 Å². The van der Waals surface area contributed by atoms with Crippen LogP contribution in [-0.2, 0) is 9.53 Å². The van der Waals surface area contributed by atoms with E-state index in [9.17, 15) is 14.4 Å². The van der Waals surface area contributed by atoms with Crippen LogP contribution >= 0.6 is 0 Å². The van der Waals surface area contributed by atoms with Gasteiger partial charge in [0.1, 0.15) is 5.69 Å². The number of rotatable bonds is 7. The second-order valence-corrected chi connectivity index (χ2v) is 6.32. The lowest BCUT2D eigenvalue weighted by molar-refractivity contribution is -0.142. The highest BCUT2D eigenvalue weighted by Crippen LogP contribution is 2.13. The van der Waals surface area contributed by atoms with E-state index >= 15 is 0 Å². The summed E-state index contributed by atoms with van der Waals surface area (Å²) in [4.78, 5) is 40.4. The molecular weight excluding hydrogens is 296 g/mol. The number of hydrogen-bond acceptors (Lipinski definition) is 4. The van der Waals surface area contributed by atoms with Crippen molar-refractivity contribution in [2.24, 2.45) is 5.92 Å². The zero-order valence-corrected chi connectivity index (χ0v) is 13.8. The van der Waals surface area contributed by atoms with Crippen molar-refractivity contribution in [3.05, 3.63) is 23.5 Å². The minimum atomic E-state index is -0.365. The van der Waals surface area contributed by atoms with Crippen LogP contribution in [0.25, 0.3) is 0 Å². The molecule has 0 radical (unpaired) electrons. The molecule has 23 heavy (non-hydrogen) atoms. The lowest BCUT2D eigenvalue weighted by Gasteiger charge is -2.13. The van der Waals surface area contributed by atoms with E-state index in [1.54, 1.807) is 4.90 Å². The third-order valence-corrected chi connectivity index (χ3v) is 3.92. The molecule has 1 amide bonds. The number of ketones is 1. The first-order valence-corrected chi connectivity index (χ1v) is 8.14. The number of likely N-dealkylation sites (tertiary alicyclic amines) is 1. The molecule has 0 unspecified atom stereocenters. The second-order valence-electron chi connectivity index (χ2n) is 6.32. The summed E-state index contributed by atoms with van der Waals surface area (Å²) >= 11 is 0. The first-order valence-electron chi connectivity index (χ1n) is 8.14. The van der Waals surface area contributed by atoms with Gasteiger partial charge in [-0.1, -0.05) is 13.8 Å². The third kappa shape index (κ3) is 4.94. The molecule has 1 aliphatic rings. The van der Waals surface area contributed by atoms with Crippen molar-refractivity contribution in [1.82, 2.24) is 9.88 Å². The minimum absolute atomic E-state index is 0.0875. The van der Waals surface area contributed by atoms with Crippen LogP contribution in [0.2, 0.25) is 0 Å². The van der Waals surface area contributed by atoms with E-state index in [1.165, 1.54) is 12.3 Å². The highest BCUT2D eigenvalue weighted by molar-refractivity contribution is 6.01. The predicted octanol–water partition coefficient (Wildman–Crippen LogP) is 2.41. The van der Waals surface area contributed by atoms with Crippen LogP contribution in [0, 0.1) is 5.92 Å². The van der Waals surface area contributed by atoms with Crippen molar-refractivity contribution >= 4 is 17.7 Å². The first kappa shape index (κ1) is 17.2. The van der Waals surface area contributed by atoms with Crippen molar-refractivity contribution in [1.29, 1.82) is 0 Å². The maximum atomic E-state index is 12.2. The number of aromatic amines is 1. The zero-order chi connectivity index (χ0) is 16.8. The number of hydrogen-bond donors (Lipinski definition) is 1. The Morgan fingerprint density at radius 2 is 1.96 bits per heavy atom. The zero-order valence-electron chi connectivity index (χ0n) is 13.8. The second kappa shape index (κ2) is 7.94. The smallest absolute Gasteiger partial charge is 0.306 e. The standard InChI is InChI=1S/C17H24N2O4/c1-12(2)5-6-16(21)23-11-15(20)13-9-14(18-10-13)17(22)19-7-3-4-8-19/h9-10,12,18H,3-8,11H2,1-2H3. The Kier molecular flexibility index (Phi) is 5.96. The SMILES string of the molecule is CC(C)CCC(=O)OCC(=O)c1c[nH]c(C(=O)N2CCCC2)c1. The largest absolute Gasteiger partial charge is 0.457 e. The molecule has 1 N–H and O–H groups in total. The van der Waals surface area contributed by atoms with Gasteiger partial charge in [-0.05, 0) is 31.2 Å². The molecule has 1 fully saturated rings. The highest BCUT2D eigenvalue weighted by atomic mass is 16.5. The van der Waals surface area contributed by atoms with Gasteiger partial charge in [0.25, 0.3) is 5.91 Å². The van der Waals surface area contributed by atoms with Crippen LogP contribution < -0.4 is 0 Å². The molecule has 1 aromatic heterocycles. The number of H-pyrrole nitrogens is 1. The fourth-order valence-corrected chi connectivity index (χ4v) is 2.48. The van der Waals surface area contributed by atoms with Crippen molar-refractivity contribution in [3.63, 3.8) is 0 Å². The molecule has 6 heteroatoms. The van der Waals surface area contributed by atoms with E-state index < -0.39 is 0 Å². The van der Waals surface area contributed by atoms with E-state index in [2.05, 4.69) is 4.98 Å². The van der Waals surface area contributed by atoms with Crippen molar-refractivity contribution in [2.75, 3.05) is 19.7 Å². The molecule has 0 aromatic carbocycles. The summed E-state index contributed by atoms with van der Waals surface area (Å²) in [6.07, 6.45) is 4.59. The maximum Gasteiger partial charge on any atom is 0.306 e. The van der Waals surface area contributed by atoms with Gasteiger partial charge >= 0.3 is 5.97 Å². The Hall–Kier alpha value is -2.11. The summed E-state index contributed by atoms with van der Waals surface area (Å²) in [5.74, 6) is -0.340. The Morgan fingerprint density at radius 3 is 2.61 bits per heavy atom. The molecule has 1 aromatic rings. The number of amides is 1. The van der Waals surface area contributed by atoms with Gasteiger partial charge in [-0.25, -0.2) is 0 Å². The summed E-state index contributed by atoms with van der Waals surface area (Å²) in [5.41, 5.74) is 0.769. The van der Waals surface area contributed by atoms with Crippen LogP contribution in [-0.4, -0.2) is 47.2 Å². The molecule has 0 aliphatic carbocycles. The van der Waals surface area contributed by atoms with Crippen LogP contribution in [0.3, 0.4) is 0 Å². The number of esters is 1. The van der Waals surface area contributed by atoms with Crippen molar-refractivity contribution < 1.29 is 19.1 Å². The number of nitrogens with zero attached hydrogens (tertiary/aromatic N) is 1. The fraction of sp³-hybridized carbons (Fsp3) is 0.588. The Bertz CT molecular complexity index is 571. The molecule has 126 valence electrons. The number of Topliss-reactive ketones (excluding diaryl/α,β-unsaturated/α-hetero) is 1. The van der Waals surface area contributed by atoms with E-state index in [0.717, 1.165) is 32.4 Å². The lowest BCUT2D eigenvalue weighted by Crippen LogP contribution is -2.27. The summed E-state index contributed by atoms with van der Waals surface area (Å²) in [5, 5.41) is 0. The van der Waals surface area contributed by atoms with Gasteiger partial charge in [0.15, 0.2) is 6.61 Å². The van der Waals surface area contributed by atoms with Crippen LogP contribution in [0.5, 0.6) is 0 Å². The highest BCUT2D eigenvalue weighted by Gasteiger charge is 2.22. The number of aromatic nitrogens is 1. The van der Waals surface area contributed by atoms with Gasteiger partial charge in [0.2, 0.25) is 5.78 Å². The normalized spacial score (nSPS) is 14.3. The van der Waals surface area contributed by atoms with Gasteiger partial charge in [-0.3, -0.25) is 14.4 Å². The number of carbonyl (C=O) groups is 3. The van der Waals surface area contributed by atoms with Gasteiger partial charge in [0.05, 0.1) is 0 Å². The van der Waals surface area contributed by atoms with Crippen LogP contribution in [0.15, 0.2) is 12.3 Å². The average molecular weight is 320 g/mol. The molecule has 0 saturated carbocycles. The molecule has 6 nitrogen and oxygen atoms in total. The number of nitrogens with one attached hydrogen (secondary N) is 1. The van der Waals surface area contributed by atoms with E-state index in [1.807, 2.05) is 13.8 Å². The molecule has 1 aliphatic heterocycles. The van der Waals surface area contributed by atoms with Gasteiger partial charge in [-0.2, -0.15) is 0 Å². The van der Waals surface area contributed by atoms with E-state index in [-0.39, 0.29) is 24.3 Å². The van der Waals surface area contributed by atoms with E-state index in [4.69, 9.17) is 4.74 Å². The third-order valence-electron chi connectivity index (χ3n) is 3.92. The first-order chi connectivity index (χ1) is 11.0. The molecule has 0 atom stereocenters. The van der Waals surface area contributed by atoms with Crippen LogP contribution in [0.1, 0.15) is 60.4 Å². The number of ether oxygens (including phenoxy) is 1. The van der Waals surface area contributed by atoms with Gasteiger partial charge < -0.3 is 14.6 Å². The molecular formula is C17H24N2O4. The summed E-state index contributed by atoms with van der Waals surface area (Å²) in [6.45, 7) is 5.28. The van der Waals surface area contributed by atoms with Crippen molar-refractivity contribution in [3.8, 4) is 0 Å². The lowest BCUT2D eigenvalue weighted by atomic mass is 10.1. The Balaban J connectivity index is 1.83. The van der Waals surface area contributed by atoms with Crippen LogP contribution in [0.4, 0.5) is 0 Å². The molecule has 0 bridgehead atoms. The fourth-order valence-electron chi connectivity index (χ4n) is 2.48. The monoisotopic (exact) mass is 320 g/mol. The molecule has 1 saturated heterocycles. The molecule has 2 heterocycles. The summed E-state index contributed by atoms with van der Waals surface area (Å²) < 4.78 is 4.98. The maximum absolute atomic E-state index is 12.2. The average Bonchev–Trinajstić information content (AvgIpc) is 3.20. The topological polar surface area (TPSA) is 79.5 Å². The predicted molar refractivity (Wildman–Crippen MR) is 85.3 cm³/mol.